The van der Waals surface area contributed by atoms with Crippen LogP contribution in [0.1, 0.15) is 24.3 Å². The number of amides is 1. The first-order chi connectivity index (χ1) is 9.40. The van der Waals surface area contributed by atoms with Gasteiger partial charge in [-0.2, -0.15) is 0 Å². The minimum absolute atomic E-state index is 0.204. The Bertz CT molecular complexity index is 663. The van der Waals surface area contributed by atoms with E-state index in [4.69, 9.17) is 16.7 Å². The van der Waals surface area contributed by atoms with E-state index < -0.39 is 17.9 Å². The standard InChI is InChI=1S/C14H15ClN2O3/c1-7(2)11(14(19)20)17-13(18)10-6-8-4-3-5-9(15)12(8)16-10/h3-7,11,16H,1-2H3,(H,17,18)(H,19,20). The maximum absolute atomic E-state index is 12.1. The van der Waals surface area contributed by atoms with Crippen LogP contribution >= 0.6 is 11.6 Å². The van der Waals surface area contributed by atoms with Gasteiger partial charge in [0.05, 0.1) is 10.5 Å². The molecule has 6 heteroatoms. The average molecular weight is 295 g/mol. The summed E-state index contributed by atoms with van der Waals surface area (Å²) in [5, 5.41) is 12.9. The Hall–Kier alpha value is -2.01. The van der Waals surface area contributed by atoms with Crippen molar-refractivity contribution in [3.8, 4) is 0 Å². The minimum Gasteiger partial charge on any atom is -0.480 e. The Morgan fingerprint density at radius 3 is 2.60 bits per heavy atom. The lowest BCUT2D eigenvalue weighted by atomic mass is 10.0. The molecule has 0 saturated heterocycles. The number of fused-ring (bicyclic) bond motifs is 1. The summed E-state index contributed by atoms with van der Waals surface area (Å²) >= 11 is 6.02. The van der Waals surface area contributed by atoms with Crippen LogP contribution in [0.15, 0.2) is 24.3 Å². The lowest BCUT2D eigenvalue weighted by Crippen LogP contribution is -2.44. The van der Waals surface area contributed by atoms with Crippen LogP contribution in [0.4, 0.5) is 0 Å². The van der Waals surface area contributed by atoms with Crippen LogP contribution in [0.2, 0.25) is 5.02 Å². The number of halogens is 1. The number of H-pyrrole nitrogens is 1. The quantitative estimate of drug-likeness (QED) is 0.811. The van der Waals surface area contributed by atoms with Gasteiger partial charge in [0.1, 0.15) is 11.7 Å². The first-order valence-electron chi connectivity index (χ1n) is 6.21. The van der Waals surface area contributed by atoms with Gasteiger partial charge in [-0.1, -0.05) is 37.6 Å². The summed E-state index contributed by atoms with van der Waals surface area (Å²) in [6.07, 6.45) is 0. The molecule has 2 rings (SSSR count). The van der Waals surface area contributed by atoms with E-state index in [9.17, 15) is 9.59 Å². The van der Waals surface area contributed by atoms with Gasteiger partial charge in [-0.15, -0.1) is 0 Å². The predicted octanol–water partition coefficient (Wildman–Crippen LogP) is 2.66. The summed E-state index contributed by atoms with van der Waals surface area (Å²) in [7, 11) is 0. The molecule has 1 amide bonds. The molecule has 0 fully saturated rings. The number of carboxylic acid groups (broad SMARTS) is 1. The van der Waals surface area contributed by atoms with Crippen molar-refractivity contribution in [1.29, 1.82) is 0 Å². The summed E-state index contributed by atoms with van der Waals surface area (Å²) in [6, 6.07) is 6.05. The van der Waals surface area contributed by atoms with E-state index >= 15 is 0 Å². The molecule has 1 atom stereocenters. The molecule has 0 aliphatic heterocycles. The molecule has 0 spiro atoms. The van der Waals surface area contributed by atoms with E-state index in [1.54, 1.807) is 32.0 Å². The molecule has 106 valence electrons. The van der Waals surface area contributed by atoms with Crippen molar-refractivity contribution in [3.63, 3.8) is 0 Å². The fourth-order valence-electron chi connectivity index (χ4n) is 1.97. The third kappa shape index (κ3) is 2.77. The van der Waals surface area contributed by atoms with Gasteiger partial charge in [0.15, 0.2) is 0 Å². The molecule has 1 unspecified atom stereocenters. The van der Waals surface area contributed by atoms with Crippen LogP contribution in [0.3, 0.4) is 0 Å². The first kappa shape index (κ1) is 14.4. The molecule has 1 heterocycles. The van der Waals surface area contributed by atoms with E-state index in [1.807, 2.05) is 6.07 Å². The van der Waals surface area contributed by atoms with Gasteiger partial charge < -0.3 is 15.4 Å². The molecule has 0 saturated carbocycles. The van der Waals surface area contributed by atoms with Crippen LogP contribution in [0.5, 0.6) is 0 Å². The molecule has 20 heavy (non-hydrogen) atoms. The number of rotatable bonds is 4. The van der Waals surface area contributed by atoms with Crippen LogP contribution in [0.25, 0.3) is 10.9 Å². The highest BCUT2D eigenvalue weighted by molar-refractivity contribution is 6.35. The number of nitrogens with one attached hydrogen (secondary N) is 2. The van der Waals surface area contributed by atoms with E-state index in [-0.39, 0.29) is 5.92 Å². The molecule has 0 aliphatic carbocycles. The van der Waals surface area contributed by atoms with Gasteiger partial charge in [0, 0.05) is 5.39 Å². The van der Waals surface area contributed by atoms with Gasteiger partial charge in [-0.3, -0.25) is 4.79 Å². The second-order valence-electron chi connectivity index (χ2n) is 4.92. The maximum atomic E-state index is 12.1. The van der Waals surface area contributed by atoms with E-state index in [0.717, 1.165) is 5.39 Å². The summed E-state index contributed by atoms with van der Waals surface area (Å²) in [4.78, 5) is 26.1. The van der Waals surface area contributed by atoms with E-state index in [1.165, 1.54) is 0 Å². The number of aromatic amines is 1. The number of aromatic nitrogens is 1. The highest BCUT2D eigenvalue weighted by atomic mass is 35.5. The number of aliphatic carboxylic acids is 1. The molecule has 5 nitrogen and oxygen atoms in total. The molecular formula is C14H15ClN2O3. The van der Waals surface area contributed by atoms with Crippen molar-refractivity contribution in [2.75, 3.05) is 0 Å². The second kappa shape index (κ2) is 5.54. The maximum Gasteiger partial charge on any atom is 0.326 e. The third-order valence-corrected chi connectivity index (χ3v) is 3.38. The van der Waals surface area contributed by atoms with Crippen LogP contribution in [-0.4, -0.2) is 28.0 Å². The largest absolute Gasteiger partial charge is 0.480 e. The fourth-order valence-corrected chi connectivity index (χ4v) is 2.20. The van der Waals surface area contributed by atoms with Crippen LogP contribution < -0.4 is 5.32 Å². The highest BCUT2D eigenvalue weighted by Crippen LogP contribution is 2.23. The Kier molecular flexibility index (Phi) is 3.99. The number of carboxylic acids is 1. The molecule has 0 aliphatic rings. The highest BCUT2D eigenvalue weighted by Gasteiger charge is 2.24. The van der Waals surface area contributed by atoms with Gasteiger partial charge >= 0.3 is 5.97 Å². The molecule has 2 aromatic rings. The Labute approximate surface area is 120 Å². The lowest BCUT2D eigenvalue weighted by molar-refractivity contribution is -0.140. The molecular weight excluding hydrogens is 280 g/mol. The van der Waals surface area contributed by atoms with Crippen molar-refractivity contribution in [1.82, 2.24) is 10.3 Å². The Morgan fingerprint density at radius 1 is 1.35 bits per heavy atom. The first-order valence-corrected chi connectivity index (χ1v) is 6.59. The summed E-state index contributed by atoms with van der Waals surface area (Å²) in [6.45, 7) is 3.47. The van der Waals surface area contributed by atoms with Crippen molar-refractivity contribution in [2.24, 2.45) is 5.92 Å². The number of hydrogen-bond acceptors (Lipinski definition) is 2. The topological polar surface area (TPSA) is 82.2 Å². The fraction of sp³-hybridized carbons (Fsp3) is 0.286. The van der Waals surface area contributed by atoms with Crippen molar-refractivity contribution < 1.29 is 14.7 Å². The summed E-state index contributed by atoms with van der Waals surface area (Å²) in [5.74, 6) is -1.72. The second-order valence-corrected chi connectivity index (χ2v) is 5.33. The van der Waals surface area contributed by atoms with Gasteiger partial charge in [0.25, 0.3) is 5.91 Å². The third-order valence-electron chi connectivity index (χ3n) is 3.07. The number of benzene rings is 1. The van der Waals surface area contributed by atoms with E-state index in [0.29, 0.717) is 16.2 Å². The number of carbonyl (C=O) groups excluding carboxylic acids is 1. The SMILES string of the molecule is CC(C)C(NC(=O)c1cc2cccc(Cl)c2[nH]1)C(=O)O. The Morgan fingerprint density at radius 2 is 2.05 bits per heavy atom. The van der Waals surface area contributed by atoms with Gasteiger partial charge in [-0.25, -0.2) is 4.79 Å². The lowest BCUT2D eigenvalue weighted by Gasteiger charge is -2.17. The van der Waals surface area contributed by atoms with Crippen molar-refractivity contribution in [3.05, 3.63) is 35.0 Å². The zero-order valence-electron chi connectivity index (χ0n) is 11.1. The summed E-state index contributed by atoms with van der Waals surface area (Å²) < 4.78 is 0. The molecule has 0 bridgehead atoms. The minimum atomic E-state index is -1.05. The number of carbonyl (C=O) groups is 2. The number of para-hydroxylation sites is 1. The van der Waals surface area contributed by atoms with Gasteiger partial charge in [0.2, 0.25) is 0 Å². The van der Waals surface area contributed by atoms with Crippen LogP contribution in [0, 0.1) is 5.92 Å². The van der Waals surface area contributed by atoms with Gasteiger partial charge in [-0.05, 0) is 18.1 Å². The normalized spacial score (nSPS) is 12.6. The molecule has 1 aromatic heterocycles. The monoisotopic (exact) mass is 294 g/mol. The summed E-state index contributed by atoms with van der Waals surface area (Å²) in [5.41, 5.74) is 0.954. The predicted molar refractivity (Wildman–Crippen MR) is 77.0 cm³/mol. The smallest absolute Gasteiger partial charge is 0.326 e. The zero-order valence-corrected chi connectivity index (χ0v) is 11.9. The molecule has 3 N–H and O–H groups in total. The average Bonchev–Trinajstić information content (AvgIpc) is 2.80. The molecule has 1 aromatic carbocycles. The Balaban J connectivity index is 2.27. The molecule has 0 radical (unpaired) electrons. The van der Waals surface area contributed by atoms with Crippen molar-refractivity contribution >= 4 is 34.4 Å². The number of hydrogen-bond donors (Lipinski definition) is 3. The van der Waals surface area contributed by atoms with E-state index in [2.05, 4.69) is 10.3 Å². The zero-order chi connectivity index (χ0) is 14.9. The van der Waals surface area contributed by atoms with Crippen molar-refractivity contribution in [2.45, 2.75) is 19.9 Å². The van der Waals surface area contributed by atoms with Crippen LogP contribution in [-0.2, 0) is 4.79 Å².